The third kappa shape index (κ3) is 2.86. The summed E-state index contributed by atoms with van der Waals surface area (Å²) < 4.78 is 5.21. The van der Waals surface area contributed by atoms with Crippen molar-refractivity contribution >= 4 is 29.1 Å². The van der Waals surface area contributed by atoms with Gasteiger partial charge in [0.1, 0.15) is 5.75 Å². The fourth-order valence-electron chi connectivity index (χ4n) is 2.89. The lowest BCUT2D eigenvalue weighted by Crippen LogP contribution is -2.29. The normalized spacial score (nSPS) is 12.7. The molecule has 0 fully saturated rings. The summed E-state index contributed by atoms with van der Waals surface area (Å²) in [6.45, 7) is 0. The number of carbonyl (C=O) groups is 3. The number of ether oxygens (including phenoxy) is 1. The SMILES string of the molecule is COc1ccccc1NC(=O)c1ccc(N2C(=O)c3nccnc3C2=O)cc1. The maximum absolute atomic E-state index is 12.5. The zero-order chi connectivity index (χ0) is 19.7. The fourth-order valence-corrected chi connectivity index (χ4v) is 2.89. The van der Waals surface area contributed by atoms with E-state index in [0.717, 1.165) is 4.90 Å². The van der Waals surface area contributed by atoms with Gasteiger partial charge in [0.15, 0.2) is 11.4 Å². The van der Waals surface area contributed by atoms with Crippen LogP contribution in [0.4, 0.5) is 11.4 Å². The van der Waals surface area contributed by atoms with Gasteiger partial charge in [0.25, 0.3) is 17.7 Å². The Morgan fingerprint density at radius 1 is 0.929 bits per heavy atom. The van der Waals surface area contributed by atoms with E-state index in [1.165, 1.54) is 43.8 Å². The number of anilines is 2. The third-order valence-electron chi connectivity index (χ3n) is 4.25. The smallest absolute Gasteiger partial charge is 0.286 e. The first-order valence-corrected chi connectivity index (χ1v) is 8.34. The van der Waals surface area contributed by atoms with Crippen LogP contribution in [-0.4, -0.2) is 34.8 Å². The van der Waals surface area contributed by atoms with Crippen LogP contribution in [0.25, 0.3) is 0 Å². The number of nitrogens with one attached hydrogen (secondary N) is 1. The summed E-state index contributed by atoms with van der Waals surface area (Å²) in [5, 5.41) is 2.77. The van der Waals surface area contributed by atoms with Gasteiger partial charge in [-0.2, -0.15) is 0 Å². The molecule has 0 saturated carbocycles. The van der Waals surface area contributed by atoms with Crippen LogP contribution in [-0.2, 0) is 0 Å². The van der Waals surface area contributed by atoms with E-state index in [2.05, 4.69) is 15.3 Å². The van der Waals surface area contributed by atoms with Gasteiger partial charge in [-0.3, -0.25) is 14.4 Å². The lowest BCUT2D eigenvalue weighted by atomic mass is 10.1. The summed E-state index contributed by atoms with van der Waals surface area (Å²) in [6.07, 6.45) is 2.72. The minimum absolute atomic E-state index is 0.0190. The van der Waals surface area contributed by atoms with Gasteiger partial charge >= 0.3 is 0 Å². The molecule has 2 aromatic carbocycles. The number of hydrogen-bond donors (Lipinski definition) is 1. The van der Waals surface area contributed by atoms with E-state index in [-0.39, 0.29) is 17.3 Å². The Morgan fingerprint density at radius 3 is 2.14 bits per heavy atom. The predicted octanol–water partition coefficient (Wildman–Crippen LogP) is 2.54. The van der Waals surface area contributed by atoms with Crippen molar-refractivity contribution in [2.45, 2.75) is 0 Å². The van der Waals surface area contributed by atoms with E-state index in [1.54, 1.807) is 24.3 Å². The van der Waals surface area contributed by atoms with Gasteiger partial charge < -0.3 is 10.1 Å². The third-order valence-corrected chi connectivity index (χ3v) is 4.25. The van der Waals surface area contributed by atoms with Crippen molar-refractivity contribution in [2.24, 2.45) is 0 Å². The van der Waals surface area contributed by atoms with Crippen LogP contribution in [0.5, 0.6) is 5.75 Å². The molecule has 1 N–H and O–H groups in total. The molecule has 0 spiro atoms. The number of nitrogens with zero attached hydrogens (tertiary/aromatic N) is 3. The van der Waals surface area contributed by atoms with Crippen LogP contribution < -0.4 is 15.0 Å². The average molecular weight is 374 g/mol. The summed E-state index contributed by atoms with van der Waals surface area (Å²) in [5.74, 6) is -0.890. The topological polar surface area (TPSA) is 101 Å². The van der Waals surface area contributed by atoms with Gasteiger partial charge in [0.2, 0.25) is 0 Å². The van der Waals surface area contributed by atoms with Crippen molar-refractivity contribution in [3.63, 3.8) is 0 Å². The summed E-state index contributed by atoms with van der Waals surface area (Å²) >= 11 is 0. The van der Waals surface area contributed by atoms with E-state index >= 15 is 0 Å². The molecular weight excluding hydrogens is 360 g/mol. The van der Waals surface area contributed by atoms with Crippen molar-refractivity contribution in [3.8, 4) is 5.75 Å². The van der Waals surface area contributed by atoms with Gasteiger partial charge in [-0.25, -0.2) is 14.9 Å². The molecule has 0 radical (unpaired) electrons. The summed E-state index contributed by atoms with van der Waals surface area (Å²) in [7, 11) is 1.52. The largest absolute Gasteiger partial charge is 0.495 e. The minimum atomic E-state index is -0.542. The highest BCUT2D eigenvalue weighted by Gasteiger charge is 2.39. The quantitative estimate of drug-likeness (QED) is 0.704. The van der Waals surface area contributed by atoms with Crippen LogP contribution >= 0.6 is 0 Å². The van der Waals surface area contributed by atoms with Gasteiger partial charge in [-0.15, -0.1) is 0 Å². The van der Waals surface area contributed by atoms with E-state index in [0.29, 0.717) is 22.7 Å². The standard InChI is InChI=1S/C20H14N4O4/c1-28-15-5-3-2-4-14(15)23-18(25)12-6-8-13(9-7-12)24-19(26)16-17(20(24)27)22-11-10-21-16/h2-11H,1H3,(H,23,25). The molecular formula is C20H14N4O4. The van der Waals surface area contributed by atoms with Gasteiger partial charge in [-0.05, 0) is 36.4 Å². The first-order chi connectivity index (χ1) is 13.6. The Hall–Kier alpha value is -4.07. The second kappa shape index (κ2) is 6.92. The Bertz CT molecular complexity index is 1060. The Balaban J connectivity index is 1.56. The van der Waals surface area contributed by atoms with Crippen LogP contribution in [0, 0.1) is 0 Å². The summed E-state index contributed by atoms with van der Waals surface area (Å²) in [5.41, 5.74) is 1.28. The zero-order valence-corrected chi connectivity index (χ0v) is 14.7. The molecule has 0 atom stereocenters. The van der Waals surface area contributed by atoms with Crippen LogP contribution in [0.15, 0.2) is 60.9 Å². The molecule has 0 aliphatic carbocycles. The molecule has 3 amide bonds. The molecule has 138 valence electrons. The van der Waals surface area contributed by atoms with E-state index in [9.17, 15) is 14.4 Å². The average Bonchev–Trinajstić information content (AvgIpc) is 2.99. The van der Waals surface area contributed by atoms with Gasteiger partial charge in [0, 0.05) is 18.0 Å². The number of hydrogen-bond acceptors (Lipinski definition) is 6. The predicted molar refractivity (Wildman–Crippen MR) is 101 cm³/mol. The van der Waals surface area contributed by atoms with Crippen molar-refractivity contribution in [1.29, 1.82) is 0 Å². The number of para-hydroxylation sites is 2. The Labute approximate surface area is 159 Å². The molecule has 0 bridgehead atoms. The number of aromatic nitrogens is 2. The van der Waals surface area contributed by atoms with Gasteiger partial charge in [-0.1, -0.05) is 12.1 Å². The lowest BCUT2D eigenvalue weighted by molar-refractivity contribution is 0.0922. The number of rotatable bonds is 4. The first-order valence-electron chi connectivity index (χ1n) is 8.34. The van der Waals surface area contributed by atoms with E-state index < -0.39 is 11.8 Å². The second-order valence-electron chi connectivity index (χ2n) is 5.90. The molecule has 1 aromatic heterocycles. The van der Waals surface area contributed by atoms with Gasteiger partial charge in [0.05, 0.1) is 18.5 Å². The maximum atomic E-state index is 12.5. The summed E-state index contributed by atoms with van der Waals surface area (Å²) in [4.78, 5) is 46.2. The van der Waals surface area contributed by atoms with Crippen molar-refractivity contribution in [1.82, 2.24) is 9.97 Å². The van der Waals surface area contributed by atoms with Crippen molar-refractivity contribution < 1.29 is 19.1 Å². The molecule has 1 aliphatic heterocycles. The molecule has 4 rings (SSSR count). The van der Waals surface area contributed by atoms with E-state index in [1.807, 2.05) is 0 Å². The van der Waals surface area contributed by atoms with Crippen LogP contribution in [0.2, 0.25) is 0 Å². The lowest BCUT2D eigenvalue weighted by Gasteiger charge is -2.14. The molecule has 2 heterocycles. The van der Waals surface area contributed by atoms with E-state index in [4.69, 9.17) is 4.74 Å². The highest BCUT2D eigenvalue weighted by Crippen LogP contribution is 2.27. The van der Waals surface area contributed by atoms with Crippen LogP contribution in [0.3, 0.4) is 0 Å². The maximum Gasteiger partial charge on any atom is 0.286 e. The summed E-state index contributed by atoms with van der Waals surface area (Å²) in [6, 6.07) is 13.2. The number of imide groups is 1. The highest BCUT2D eigenvalue weighted by atomic mass is 16.5. The zero-order valence-electron chi connectivity index (χ0n) is 14.7. The second-order valence-corrected chi connectivity index (χ2v) is 5.90. The van der Waals surface area contributed by atoms with Crippen molar-refractivity contribution in [3.05, 3.63) is 77.9 Å². The Morgan fingerprint density at radius 2 is 1.54 bits per heavy atom. The number of methoxy groups -OCH3 is 1. The first kappa shape index (κ1) is 17.3. The number of carbonyl (C=O) groups excluding carboxylic acids is 3. The number of benzene rings is 2. The molecule has 0 saturated heterocycles. The number of amides is 3. The highest BCUT2D eigenvalue weighted by molar-refractivity contribution is 6.33. The molecule has 8 nitrogen and oxygen atoms in total. The molecule has 28 heavy (non-hydrogen) atoms. The molecule has 3 aromatic rings. The molecule has 0 unspecified atom stereocenters. The number of fused-ring (bicyclic) bond motifs is 1. The molecule has 8 heteroatoms. The minimum Gasteiger partial charge on any atom is -0.495 e. The molecule has 1 aliphatic rings. The monoisotopic (exact) mass is 374 g/mol. The Kier molecular flexibility index (Phi) is 4.29. The van der Waals surface area contributed by atoms with Crippen molar-refractivity contribution in [2.75, 3.05) is 17.3 Å². The fraction of sp³-hybridized carbons (Fsp3) is 0.0500. The van der Waals surface area contributed by atoms with Crippen LogP contribution in [0.1, 0.15) is 31.3 Å².